The molecule has 2 amide bonds. The number of aryl methyl sites for hydroxylation is 2. The SMILES string of the molecule is COc1c(C)cc(C23CCC(CN(C(=O)C4CCC(OC(=O)N5CC(C)C5)CC4)c4cncc(-c5cnn(C(C)(C)C)c5)n4)(CC2)CC3)cc1C. The van der Waals surface area contributed by atoms with Crippen molar-refractivity contribution in [2.75, 3.05) is 31.6 Å². The molecule has 51 heavy (non-hydrogen) atoms. The Morgan fingerprint density at radius 2 is 1.59 bits per heavy atom. The van der Waals surface area contributed by atoms with Gasteiger partial charge in [-0.05, 0) is 132 Å². The van der Waals surface area contributed by atoms with E-state index < -0.39 is 0 Å². The van der Waals surface area contributed by atoms with Gasteiger partial charge in [0.15, 0.2) is 5.82 Å². The van der Waals surface area contributed by atoms with Crippen molar-refractivity contribution in [2.24, 2.45) is 17.3 Å². The van der Waals surface area contributed by atoms with Crippen LogP contribution < -0.4 is 9.64 Å². The van der Waals surface area contributed by atoms with E-state index in [2.05, 4.69) is 63.8 Å². The molecular formula is C41H56N6O4. The fraction of sp³-hybridized carbons (Fsp3) is 0.634. The van der Waals surface area contributed by atoms with Crippen molar-refractivity contribution in [3.63, 3.8) is 0 Å². The molecule has 1 saturated heterocycles. The second-order valence-corrected chi connectivity index (χ2v) is 17.3. The number of aromatic nitrogens is 4. The maximum Gasteiger partial charge on any atom is 0.410 e. The van der Waals surface area contributed by atoms with Crippen molar-refractivity contribution in [2.45, 2.75) is 123 Å². The van der Waals surface area contributed by atoms with Gasteiger partial charge in [0.05, 0.1) is 36.9 Å². The first kappa shape index (κ1) is 35.5. The van der Waals surface area contributed by atoms with E-state index in [1.807, 2.05) is 22.0 Å². The van der Waals surface area contributed by atoms with Crippen LogP contribution in [0.15, 0.2) is 36.9 Å². The van der Waals surface area contributed by atoms with Gasteiger partial charge in [0.25, 0.3) is 0 Å². The van der Waals surface area contributed by atoms with Crippen LogP contribution in [0.1, 0.15) is 109 Å². The number of nitrogens with zero attached hydrogens (tertiary/aromatic N) is 6. The molecule has 2 aromatic heterocycles. The maximum atomic E-state index is 14.7. The summed E-state index contributed by atoms with van der Waals surface area (Å²) in [6.07, 6.45) is 16.4. The van der Waals surface area contributed by atoms with Gasteiger partial charge in [0.1, 0.15) is 11.9 Å². The van der Waals surface area contributed by atoms with Gasteiger partial charge in [0, 0.05) is 37.3 Å². The molecule has 3 heterocycles. The third-order valence-electron chi connectivity index (χ3n) is 12.5. The molecule has 10 nitrogen and oxygen atoms in total. The molecular weight excluding hydrogens is 640 g/mol. The van der Waals surface area contributed by atoms with Crippen molar-refractivity contribution in [1.29, 1.82) is 0 Å². The van der Waals surface area contributed by atoms with Crippen molar-refractivity contribution in [3.8, 4) is 17.0 Å². The van der Waals surface area contributed by atoms with Crippen LogP contribution in [-0.4, -0.2) is 69.5 Å². The zero-order chi connectivity index (χ0) is 36.1. The number of anilines is 1. The van der Waals surface area contributed by atoms with Crippen LogP contribution in [0.3, 0.4) is 0 Å². The Balaban J connectivity index is 1.11. The van der Waals surface area contributed by atoms with E-state index in [0.717, 1.165) is 62.9 Å². The lowest BCUT2D eigenvalue weighted by atomic mass is 9.51. The lowest BCUT2D eigenvalue weighted by Gasteiger charge is -2.55. The van der Waals surface area contributed by atoms with Gasteiger partial charge < -0.3 is 14.4 Å². The minimum atomic E-state index is -0.212. The standard InChI is InChI=1S/C41H56N6O4/c1-27-23-45(24-27)38(49)51-33-10-8-30(9-11-33)37(48)46(35-22-42-21-34(44-35)31-20-43-47(25-31)39(4,5)6)26-40-12-15-41(16-13-40,17-14-40)32-18-28(2)36(50-7)29(3)19-32/h18-22,25,27,30,33H,8-17,23-24,26H2,1-7H3. The summed E-state index contributed by atoms with van der Waals surface area (Å²) in [5, 5.41) is 4.60. The van der Waals surface area contributed by atoms with Gasteiger partial charge in [-0.2, -0.15) is 5.10 Å². The number of benzene rings is 1. The van der Waals surface area contributed by atoms with E-state index in [-0.39, 0.29) is 40.4 Å². The number of amides is 2. The number of likely N-dealkylation sites (tertiary alicyclic amines) is 1. The first-order chi connectivity index (χ1) is 24.3. The second kappa shape index (κ2) is 13.6. The number of rotatable bonds is 8. The van der Waals surface area contributed by atoms with Crippen molar-refractivity contribution >= 4 is 17.8 Å². The highest BCUT2D eigenvalue weighted by atomic mass is 16.6. The van der Waals surface area contributed by atoms with Crippen LogP contribution in [0.2, 0.25) is 0 Å². The predicted molar refractivity (Wildman–Crippen MR) is 198 cm³/mol. The molecule has 0 spiro atoms. The Bertz CT molecular complexity index is 1720. The fourth-order valence-corrected chi connectivity index (χ4v) is 9.28. The minimum absolute atomic E-state index is 0.0316. The smallest absolute Gasteiger partial charge is 0.410 e. The van der Waals surface area contributed by atoms with E-state index in [0.29, 0.717) is 49.7 Å². The molecule has 10 heteroatoms. The molecule has 1 aliphatic heterocycles. The predicted octanol–water partition coefficient (Wildman–Crippen LogP) is 7.99. The number of fused-ring (bicyclic) bond motifs is 3. The summed E-state index contributed by atoms with van der Waals surface area (Å²) in [6, 6.07) is 4.70. The molecule has 4 aliphatic carbocycles. The first-order valence-corrected chi connectivity index (χ1v) is 19.1. The summed E-state index contributed by atoms with van der Waals surface area (Å²) in [7, 11) is 1.75. The molecule has 5 aliphatic rings. The molecule has 1 aromatic carbocycles. The summed E-state index contributed by atoms with van der Waals surface area (Å²) in [6.45, 7) is 15.0. The summed E-state index contributed by atoms with van der Waals surface area (Å²) in [4.78, 5) is 40.8. The van der Waals surface area contributed by atoms with Gasteiger partial charge in [-0.1, -0.05) is 19.1 Å². The minimum Gasteiger partial charge on any atom is -0.496 e. The van der Waals surface area contributed by atoms with Gasteiger partial charge >= 0.3 is 6.09 Å². The third-order valence-corrected chi connectivity index (χ3v) is 12.5. The average Bonchev–Trinajstić information content (AvgIpc) is 3.62. The van der Waals surface area contributed by atoms with E-state index in [9.17, 15) is 9.59 Å². The zero-order valence-corrected chi connectivity index (χ0v) is 31.7. The normalized spacial score (nSPS) is 26.5. The lowest BCUT2D eigenvalue weighted by Crippen LogP contribution is -2.52. The maximum absolute atomic E-state index is 14.7. The van der Waals surface area contributed by atoms with E-state index in [4.69, 9.17) is 14.5 Å². The zero-order valence-electron chi connectivity index (χ0n) is 31.7. The lowest BCUT2D eigenvalue weighted by molar-refractivity contribution is -0.124. The number of hydrogen-bond acceptors (Lipinski definition) is 7. The van der Waals surface area contributed by atoms with Crippen LogP contribution in [0.4, 0.5) is 10.6 Å². The Labute approximate surface area is 303 Å². The summed E-state index contributed by atoms with van der Waals surface area (Å²) in [5.41, 5.74) is 5.49. The molecule has 274 valence electrons. The first-order valence-electron chi connectivity index (χ1n) is 19.1. The average molecular weight is 697 g/mol. The van der Waals surface area contributed by atoms with Crippen LogP contribution in [0.5, 0.6) is 5.75 Å². The molecule has 0 N–H and O–H groups in total. The Hall–Kier alpha value is -3.95. The topological polar surface area (TPSA) is 103 Å². The van der Waals surface area contributed by atoms with Crippen LogP contribution in [0.25, 0.3) is 11.3 Å². The summed E-state index contributed by atoms with van der Waals surface area (Å²) in [5.74, 6) is 2.10. The Kier molecular flexibility index (Phi) is 9.42. The highest BCUT2D eigenvalue weighted by Gasteiger charge is 2.51. The summed E-state index contributed by atoms with van der Waals surface area (Å²) < 4.78 is 13.5. The quantitative estimate of drug-likeness (QED) is 0.235. The molecule has 4 saturated carbocycles. The van der Waals surface area contributed by atoms with E-state index in [1.54, 1.807) is 24.4 Å². The highest BCUT2D eigenvalue weighted by molar-refractivity contribution is 5.94. The number of ether oxygens (including phenoxy) is 2. The van der Waals surface area contributed by atoms with Crippen LogP contribution in [-0.2, 0) is 20.5 Å². The number of hydrogen-bond donors (Lipinski definition) is 0. The third kappa shape index (κ3) is 6.99. The number of carbonyl (C=O) groups is 2. The molecule has 0 atom stereocenters. The van der Waals surface area contributed by atoms with Gasteiger partial charge in [0.2, 0.25) is 5.91 Å². The molecule has 0 radical (unpaired) electrons. The number of methoxy groups -OCH3 is 1. The van der Waals surface area contributed by atoms with E-state index in [1.165, 1.54) is 16.7 Å². The van der Waals surface area contributed by atoms with Crippen LogP contribution in [0, 0.1) is 31.1 Å². The molecule has 5 fully saturated rings. The molecule has 2 bridgehead atoms. The van der Waals surface area contributed by atoms with Crippen LogP contribution >= 0.6 is 0 Å². The Morgan fingerprint density at radius 1 is 0.941 bits per heavy atom. The Morgan fingerprint density at radius 3 is 2.16 bits per heavy atom. The second-order valence-electron chi connectivity index (χ2n) is 17.3. The fourth-order valence-electron chi connectivity index (χ4n) is 9.28. The number of carbonyl (C=O) groups excluding carboxylic acids is 2. The van der Waals surface area contributed by atoms with Crippen molar-refractivity contribution in [3.05, 3.63) is 53.6 Å². The van der Waals surface area contributed by atoms with Gasteiger partial charge in [-0.15, -0.1) is 0 Å². The van der Waals surface area contributed by atoms with Crippen molar-refractivity contribution < 1.29 is 19.1 Å². The summed E-state index contributed by atoms with van der Waals surface area (Å²) >= 11 is 0. The van der Waals surface area contributed by atoms with Gasteiger partial charge in [-0.25, -0.2) is 9.78 Å². The largest absolute Gasteiger partial charge is 0.496 e. The van der Waals surface area contributed by atoms with Crippen molar-refractivity contribution in [1.82, 2.24) is 24.6 Å². The monoisotopic (exact) mass is 696 g/mol. The molecule has 3 aromatic rings. The van der Waals surface area contributed by atoms with Gasteiger partial charge in [-0.3, -0.25) is 19.4 Å². The molecule has 0 unspecified atom stereocenters. The molecule has 8 rings (SSSR count). The highest BCUT2D eigenvalue weighted by Crippen LogP contribution is 2.58. The van der Waals surface area contributed by atoms with E-state index >= 15 is 0 Å².